The maximum absolute atomic E-state index is 6.18. The molecule has 0 fully saturated rings. The van der Waals surface area contributed by atoms with Crippen molar-refractivity contribution in [1.29, 1.82) is 0 Å². The summed E-state index contributed by atoms with van der Waals surface area (Å²) < 4.78 is 5.52. The molecule has 1 atom stereocenters. The highest BCUT2D eigenvalue weighted by Crippen LogP contribution is 2.21. The monoisotopic (exact) mass is 270 g/mol. The van der Waals surface area contributed by atoms with Crippen LogP contribution in [0, 0.1) is 0 Å². The van der Waals surface area contributed by atoms with Gasteiger partial charge in [0.25, 0.3) is 0 Å². The first-order valence-corrected chi connectivity index (χ1v) is 6.63. The Hall–Kier alpha value is -0.610. The van der Waals surface area contributed by atoms with E-state index in [0.717, 1.165) is 17.1 Å². The standard InChI is InChI=1S/C14H23ClN2O/c1-4-18-11-14(2,10-16)17(3)9-12-7-5-6-8-13(12)15/h5-8H,4,9-11,16H2,1-3H3. The molecule has 0 aromatic heterocycles. The van der Waals surface area contributed by atoms with E-state index in [1.807, 2.05) is 31.2 Å². The van der Waals surface area contributed by atoms with Gasteiger partial charge < -0.3 is 10.5 Å². The summed E-state index contributed by atoms with van der Waals surface area (Å²) in [7, 11) is 2.05. The number of nitrogens with two attached hydrogens (primary N) is 1. The van der Waals surface area contributed by atoms with E-state index in [2.05, 4.69) is 18.9 Å². The van der Waals surface area contributed by atoms with Gasteiger partial charge in [-0.15, -0.1) is 0 Å². The Bertz CT molecular complexity index is 373. The Labute approximate surface area is 115 Å². The van der Waals surface area contributed by atoms with Crippen molar-refractivity contribution in [2.24, 2.45) is 5.73 Å². The lowest BCUT2D eigenvalue weighted by molar-refractivity contribution is 0.0202. The second-order valence-electron chi connectivity index (χ2n) is 4.79. The summed E-state index contributed by atoms with van der Waals surface area (Å²) in [6.45, 7) is 6.75. The van der Waals surface area contributed by atoms with Crippen molar-refractivity contribution in [2.75, 3.05) is 26.8 Å². The molecule has 3 nitrogen and oxygen atoms in total. The van der Waals surface area contributed by atoms with Gasteiger partial charge in [-0.05, 0) is 32.5 Å². The topological polar surface area (TPSA) is 38.5 Å². The third-order valence-electron chi connectivity index (χ3n) is 3.34. The molecular weight excluding hydrogens is 248 g/mol. The highest BCUT2D eigenvalue weighted by atomic mass is 35.5. The van der Waals surface area contributed by atoms with Crippen LogP contribution >= 0.6 is 11.6 Å². The van der Waals surface area contributed by atoms with Gasteiger partial charge in [0.05, 0.1) is 12.1 Å². The minimum absolute atomic E-state index is 0.171. The average Bonchev–Trinajstić information content (AvgIpc) is 2.38. The normalized spacial score (nSPS) is 14.8. The Kier molecular flexibility index (Phi) is 6.09. The van der Waals surface area contributed by atoms with Gasteiger partial charge in [0, 0.05) is 24.7 Å². The lowest BCUT2D eigenvalue weighted by Crippen LogP contribution is -2.52. The van der Waals surface area contributed by atoms with E-state index in [4.69, 9.17) is 22.1 Å². The fourth-order valence-electron chi connectivity index (χ4n) is 1.72. The molecule has 1 aromatic rings. The molecule has 0 amide bonds. The second-order valence-corrected chi connectivity index (χ2v) is 5.19. The first-order chi connectivity index (χ1) is 8.53. The van der Waals surface area contributed by atoms with E-state index in [1.165, 1.54) is 0 Å². The van der Waals surface area contributed by atoms with Crippen LogP contribution in [0.3, 0.4) is 0 Å². The van der Waals surface area contributed by atoms with Crippen LogP contribution in [0.4, 0.5) is 0 Å². The third-order valence-corrected chi connectivity index (χ3v) is 3.71. The molecule has 0 aliphatic rings. The molecule has 0 radical (unpaired) electrons. The molecule has 2 N–H and O–H groups in total. The van der Waals surface area contributed by atoms with Crippen LogP contribution in [0.5, 0.6) is 0 Å². The zero-order valence-corrected chi connectivity index (χ0v) is 12.2. The summed E-state index contributed by atoms with van der Waals surface area (Å²) in [6.07, 6.45) is 0. The van der Waals surface area contributed by atoms with E-state index in [1.54, 1.807) is 0 Å². The Morgan fingerprint density at radius 2 is 2.06 bits per heavy atom. The number of hydrogen-bond acceptors (Lipinski definition) is 3. The third kappa shape index (κ3) is 3.95. The molecule has 18 heavy (non-hydrogen) atoms. The predicted molar refractivity (Wildman–Crippen MR) is 76.9 cm³/mol. The zero-order valence-electron chi connectivity index (χ0n) is 11.4. The van der Waals surface area contributed by atoms with Crippen molar-refractivity contribution in [3.63, 3.8) is 0 Å². The van der Waals surface area contributed by atoms with E-state index in [0.29, 0.717) is 19.8 Å². The van der Waals surface area contributed by atoms with Crippen LogP contribution in [0.15, 0.2) is 24.3 Å². The number of halogens is 1. The van der Waals surface area contributed by atoms with Gasteiger partial charge in [-0.3, -0.25) is 4.90 Å². The van der Waals surface area contributed by atoms with Gasteiger partial charge in [-0.1, -0.05) is 29.8 Å². The smallest absolute Gasteiger partial charge is 0.0659 e. The molecule has 1 unspecified atom stereocenters. The SMILES string of the molecule is CCOCC(C)(CN)N(C)Cc1ccccc1Cl. The summed E-state index contributed by atoms with van der Waals surface area (Å²) >= 11 is 6.18. The average molecular weight is 271 g/mol. The summed E-state index contributed by atoms with van der Waals surface area (Å²) in [5.41, 5.74) is 6.82. The van der Waals surface area contributed by atoms with E-state index < -0.39 is 0 Å². The van der Waals surface area contributed by atoms with Crippen molar-refractivity contribution in [1.82, 2.24) is 4.90 Å². The van der Waals surface area contributed by atoms with E-state index >= 15 is 0 Å². The van der Waals surface area contributed by atoms with Gasteiger partial charge in [-0.2, -0.15) is 0 Å². The lowest BCUT2D eigenvalue weighted by atomic mass is 10.0. The van der Waals surface area contributed by atoms with Crippen LogP contribution < -0.4 is 5.73 Å². The molecule has 0 spiro atoms. The van der Waals surface area contributed by atoms with Crippen molar-refractivity contribution < 1.29 is 4.74 Å². The van der Waals surface area contributed by atoms with Crippen LogP contribution in [0.1, 0.15) is 19.4 Å². The molecule has 4 heteroatoms. The van der Waals surface area contributed by atoms with Gasteiger partial charge in [-0.25, -0.2) is 0 Å². The molecule has 0 heterocycles. The van der Waals surface area contributed by atoms with Gasteiger partial charge in [0.1, 0.15) is 0 Å². The predicted octanol–water partition coefficient (Wildman–Crippen LogP) is 2.53. The molecule has 1 rings (SSSR count). The summed E-state index contributed by atoms with van der Waals surface area (Å²) in [5.74, 6) is 0. The minimum Gasteiger partial charge on any atom is -0.380 e. The molecule has 0 aliphatic carbocycles. The molecular formula is C14H23ClN2O. The number of nitrogens with zero attached hydrogens (tertiary/aromatic N) is 1. The number of benzene rings is 1. The van der Waals surface area contributed by atoms with Crippen molar-refractivity contribution in [2.45, 2.75) is 25.9 Å². The quantitative estimate of drug-likeness (QED) is 0.827. The molecule has 0 saturated carbocycles. The number of ether oxygens (including phenoxy) is 1. The van der Waals surface area contributed by atoms with Crippen molar-refractivity contribution >= 4 is 11.6 Å². The van der Waals surface area contributed by atoms with Crippen molar-refractivity contribution in [3.8, 4) is 0 Å². The Morgan fingerprint density at radius 3 is 2.61 bits per heavy atom. The minimum atomic E-state index is -0.171. The summed E-state index contributed by atoms with van der Waals surface area (Å²) in [4.78, 5) is 2.20. The van der Waals surface area contributed by atoms with E-state index in [-0.39, 0.29) is 5.54 Å². The van der Waals surface area contributed by atoms with Crippen LogP contribution in [-0.4, -0.2) is 37.2 Å². The second kappa shape index (κ2) is 7.10. The largest absolute Gasteiger partial charge is 0.380 e. The summed E-state index contributed by atoms with van der Waals surface area (Å²) in [6, 6.07) is 7.88. The molecule has 0 bridgehead atoms. The zero-order chi connectivity index (χ0) is 13.6. The van der Waals surface area contributed by atoms with Crippen LogP contribution in [0.2, 0.25) is 5.02 Å². The maximum Gasteiger partial charge on any atom is 0.0659 e. The Balaban J connectivity index is 2.73. The highest BCUT2D eigenvalue weighted by molar-refractivity contribution is 6.31. The maximum atomic E-state index is 6.18. The van der Waals surface area contributed by atoms with E-state index in [9.17, 15) is 0 Å². The fraction of sp³-hybridized carbons (Fsp3) is 0.571. The Morgan fingerprint density at radius 1 is 1.39 bits per heavy atom. The van der Waals surface area contributed by atoms with Gasteiger partial charge in [0.2, 0.25) is 0 Å². The van der Waals surface area contributed by atoms with Crippen LogP contribution in [-0.2, 0) is 11.3 Å². The number of hydrogen-bond donors (Lipinski definition) is 1. The summed E-state index contributed by atoms with van der Waals surface area (Å²) in [5, 5.41) is 0.792. The van der Waals surface area contributed by atoms with Crippen molar-refractivity contribution in [3.05, 3.63) is 34.9 Å². The molecule has 1 aromatic carbocycles. The van der Waals surface area contributed by atoms with Crippen LogP contribution in [0.25, 0.3) is 0 Å². The number of rotatable bonds is 7. The highest BCUT2D eigenvalue weighted by Gasteiger charge is 2.28. The first kappa shape index (κ1) is 15.4. The number of likely N-dealkylation sites (N-methyl/N-ethyl adjacent to an activating group) is 1. The van der Waals surface area contributed by atoms with Gasteiger partial charge >= 0.3 is 0 Å². The van der Waals surface area contributed by atoms with Gasteiger partial charge in [0.15, 0.2) is 0 Å². The fourth-order valence-corrected chi connectivity index (χ4v) is 1.92. The molecule has 0 saturated heterocycles. The first-order valence-electron chi connectivity index (χ1n) is 6.26. The lowest BCUT2D eigenvalue weighted by Gasteiger charge is -2.37. The molecule has 0 aliphatic heterocycles. The molecule has 102 valence electrons.